The van der Waals surface area contributed by atoms with Crippen molar-refractivity contribution in [2.75, 3.05) is 5.32 Å². The van der Waals surface area contributed by atoms with Crippen LogP contribution in [0.4, 0.5) is 5.13 Å². The van der Waals surface area contributed by atoms with Gasteiger partial charge in [0.25, 0.3) is 0 Å². The van der Waals surface area contributed by atoms with Crippen molar-refractivity contribution >= 4 is 40.1 Å². The van der Waals surface area contributed by atoms with Crippen molar-refractivity contribution in [1.29, 1.82) is 0 Å². The number of nitrogens with one attached hydrogen (secondary N) is 1. The van der Waals surface area contributed by atoms with Gasteiger partial charge in [0.15, 0.2) is 5.13 Å². The molecule has 0 radical (unpaired) electrons. The second-order valence-corrected chi connectivity index (χ2v) is 7.65. The van der Waals surface area contributed by atoms with Gasteiger partial charge in [-0.1, -0.05) is 78.3 Å². The Morgan fingerprint density at radius 3 is 2.38 bits per heavy atom. The summed E-state index contributed by atoms with van der Waals surface area (Å²) < 4.78 is 0. The lowest BCUT2D eigenvalue weighted by atomic mass is 10.0. The fourth-order valence-corrected chi connectivity index (χ4v) is 3.78. The summed E-state index contributed by atoms with van der Waals surface area (Å²) in [5, 5.41) is 5.94. The molecule has 1 heterocycles. The Morgan fingerprint density at radius 1 is 0.897 bits per heavy atom. The fraction of sp³-hybridized carbons (Fsp3) is 0. The lowest BCUT2D eigenvalue weighted by molar-refractivity contribution is -0.111. The van der Waals surface area contributed by atoms with Crippen LogP contribution in [0.25, 0.3) is 28.5 Å². The van der Waals surface area contributed by atoms with Crippen molar-refractivity contribution in [2.24, 2.45) is 0 Å². The van der Waals surface area contributed by atoms with E-state index in [0.29, 0.717) is 10.2 Å². The SMILES string of the molecule is O=C(C=Cc1cccc(Cl)c1)Nc1nc(-c2ccc(-c3ccccc3)cc2)cs1. The summed E-state index contributed by atoms with van der Waals surface area (Å²) in [7, 11) is 0. The molecule has 3 nitrogen and oxygen atoms in total. The van der Waals surface area contributed by atoms with E-state index in [9.17, 15) is 4.79 Å². The molecule has 0 saturated heterocycles. The maximum absolute atomic E-state index is 12.2. The molecule has 0 bridgehead atoms. The van der Waals surface area contributed by atoms with Crippen molar-refractivity contribution in [1.82, 2.24) is 4.98 Å². The van der Waals surface area contributed by atoms with E-state index < -0.39 is 0 Å². The van der Waals surface area contributed by atoms with E-state index in [4.69, 9.17) is 11.6 Å². The topological polar surface area (TPSA) is 42.0 Å². The molecule has 4 aromatic rings. The molecule has 0 spiro atoms. The van der Waals surface area contributed by atoms with Crippen molar-refractivity contribution in [3.8, 4) is 22.4 Å². The van der Waals surface area contributed by atoms with E-state index in [1.165, 1.54) is 23.0 Å². The number of carbonyl (C=O) groups is 1. The zero-order valence-corrected chi connectivity index (χ0v) is 17.0. The van der Waals surface area contributed by atoms with Crippen LogP contribution in [-0.4, -0.2) is 10.9 Å². The van der Waals surface area contributed by atoms with Gasteiger partial charge in [-0.05, 0) is 34.9 Å². The predicted molar refractivity (Wildman–Crippen MR) is 122 cm³/mol. The molecular weight excluding hydrogens is 400 g/mol. The van der Waals surface area contributed by atoms with Crippen LogP contribution in [0.5, 0.6) is 0 Å². The summed E-state index contributed by atoms with van der Waals surface area (Å²) in [4.78, 5) is 16.7. The van der Waals surface area contributed by atoms with Crippen molar-refractivity contribution in [3.05, 3.63) is 101 Å². The van der Waals surface area contributed by atoms with E-state index in [2.05, 4.69) is 34.6 Å². The summed E-state index contributed by atoms with van der Waals surface area (Å²) >= 11 is 7.35. The summed E-state index contributed by atoms with van der Waals surface area (Å²) in [6.45, 7) is 0. The number of rotatable bonds is 5. The van der Waals surface area contributed by atoms with Crippen LogP contribution in [0.15, 0.2) is 90.3 Å². The average Bonchev–Trinajstić information content (AvgIpc) is 3.21. The molecule has 0 aliphatic carbocycles. The number of amides is 1. The summed E-state index contributed by atoms with van der Waals surface area (Å²) in [6, 6.07) is 25.8. The maximum atomic E-state index is 12.2. The Kier molecular flexibility index (Phi) is 5.84. The highest BCUT2D eigenvalue weighted by Crippen LogP contribution is 2.27. The third-order valence-corrected chi connectivity index (χ3v) is 5.29. The van der Waals surface area contributed by atoms with Crippen molar-refractivity contribution in [3.63, 3.8) is 0 Å². The van der Waals surface area contributed by atoms with Gasteiger partial charge in [-0.3, -0.25) is 10.1 Å². The number of halogens is 1. The second kappa shape index (κ2) is 8.86. The van der Waals surface area contributed by atoms with Crippen LogP contribution in [0, 0.1) is 0 Å². The zero-order valence-electron chi connectivity index (χ0n) is 15.4. The first-order chi connectivity index (χ1) is 14.2. The van der Waals surface area contributed by atoms with E-state index in [-0.39, 0.29) is 5.91 Å². The molecule has 0 saturated carbocycles. The molecule has 0 aliphatic heterocycles. The van der Waals surface area contributed by atoms with Crippen LogP contribution in [0.3, 0.4) is 0 Å². The lowest BCUT2D eigenvalue weighted by Crippen LogP contribution is -2.07. The highest BCUT2D eigenvalue weighted by molar-refractivity contribution is 7.14. The third kappa shape index (κ3) is 4.99. The molecule has 1 aromatic heterocycles. The Balaban J connectivity index is 1.42. The van der Waals surface area contributed by atoms with Gasteiger partial charge in [-0.25, -0.2) is 4.98 Å². The highest BCUT2D eigenvalue weighted by atomic mass is 35.5. The molecule has 0 unspecified atom stereocenters. The average molecular weight is 417 g/mol. The van der Waals surface area contributed by atoms with Gasteiger partial charge in [0.05, 0.1) is 5.69 Å². The number of anilines is 1. The molecule has 29 heavy (non-hydrogen) atoms. The highest BCUT2D eigenvalue weighted by Gasteiger charge is 2.07. The Hall–Kier alpha value is -3.21. The number of carbonyl (C=O) groups excluding carboxylic acids is 1. The smallest absolute Gasteiger partial charge is 0.250 e. The van der Waals surface area contributed by atoms with Crippen LogP contribution >= 0.6 is 22.9 Å². The Bertz CT molecular complexity index is 1150. The number of hydrogen-bond acceptors (Lipinski definition) is 3. The Labute approximate surface area is 178 Å². The van der Waals surface area contributed by atoms with Crippen LogP contribution < -0.4 is 5.32 Å². The quantitative estimate of drug-likeness (QED) is 0.364. The van der Waals surface area contributed by atoms with E-state index in [1.807, 2.05) is 47.8 Å². The number of thiazole rings is 1. The minimum atomic E-state index is -0.231. The third-order valence-electron chi connectivity index (χ3n) is 4.30. The van der Waals surface area contributed by atoms with E-state index in [0.717, 1.165) is 22.4 Å². The number of nitrogens with zero attached hydrogens (tertiary/aromatic N) is 1. The van der Waals surface area contributed by atoms with E-state index >= 15 is 0 Å². The molecular formula is C24H17ClN2OS. The molecule has 1 N–H and O–H groups in total. The largest absolute Gasteiger partial charge is 0.298 e. The normalized spacial score (nSPS) is 10.9. The van der Waals surface area contributed by atoms with Gasteiger partial charge in [0, 0.05) is 22.0 Å². The van der Waals surface area contributed by atoms with Crippen LogP contribution in [0.1, 0.15) is 5.56 Å². The number of hydrogen-bond donors (Lipinski definition) is 1. The molecule has 4 rings (SSSR count). The molecule has 3 aromatic carbocycles. The molecule has 5 heteroatoms. The number of benzene rings is 3. The van der Waals surface area contributed by atoms with Crippen molar-refractivity contribution in [2.45, 2.75) is 0 Å². The summed E-state index contributed by atoms with van der Waals surface area (Å²) in [5.41, 5.74) is 5.05. The zero-order chi connectivity index (χ0) is 20.1. The van der Waals surface area contributed by atoms with Gasteiger partial charge in [0.1, 0.15) is 0 Å². The first-order valence-electron chi connectivity index (χ1n) is 9.03. The first-order valence-corrected chi connectivity index (χ1v) is 10.3. The predicted octanol–water partition coefficient (Wildman–Crippen LogP) is 6.78. The minimum absolute atomic E-state index is 0.231. The lowest BCUT2D eigenvalue weighted by Gasteiger charge is -2.03. The van der Waals surface area contributed by atoms with E-state index in [1.54, 1.807) is 18.2 Å². The van der Waals surface area contributed by atoms with Gasteiger partial charge in [-0.15, -0.1) is 11.3 Å². The number of aromatic nitrogens is 1. The molecule has 0 fully saturated rings. The first kappa shape index (κ1) is 19.1. The molecule has 0 atom stereocenters. The molecule has 142 valence electrons. The molecule has 1 amide bonds. The monoisotopic (exact) mass is 416 g/mol. The fourth-order valence-electron chi connectivity index (χ4n) is 2.86. The second-order valence-electron chi connectivity index (χ2n) is 6.36. The van der Waals surface area contributed by atoms with Crippen molar-refractivity contribution < 1.29 is 4.79 Å². The Morgan fingerprint density at radius 2 is 1.62 bits per heavy atom. The van der Waals surface area contributed by atoms with Gasteiger partial charge < -0.3 is 0 Å². The van der Waals surface area contributed by atoms with Gasteiger partial charge in [-0.2, -0.15) is 0 Å². The summed E-state index contributed by atoms with van der Waals surface area (Å²) in [6.07, 6.45) is 3.19. The maximum Gasteiger partial charge on any atom is 0.250 e. The molecule has 0 aliphatic rings. The van der Waals surface area contributed by atoms with Crippen LogP contribution in [0.2, 0.25) is 5.02 Å². The van der Waals surface area contributed by atoms with Gasteiger partial charge >= 0.3 is 0 Å². The van der Waals surface area contributed by atoms with Gasteiger partial charge in [0.2, 0.25) is 5.91 Å². The standard InChI is InChI=1S/C24H17ClN2OS/c25-21-8-4-5-17(15-21)9-14-23(28)27-24-26-22(16-29-24)20-12-10-19(11-13-20)18-6-2-1-3-7-18/h1-16H,(H,26,27,28). The minimum Gasteiger partial charge on any atom is -0.298 e. The van der Waals surface area contributed by atoms with Crippen LogP contribution in [-0.2, 0) is 4.79 Å². The summed E-state index contributed by atoms with van der Waals surface area (Å²) in [5.74, 6) is -0.231.